The fourth-order valence-electron chi connectivity index (χ4n) is 3.54. The highest BCUT2D eigenvalue weighted by molar-refractivity contribution is 5.74. The number of rotatable bonds is 6. The van der Waals surface area contributed by atoms with Gasteiger partial charge in [-0.2, -0.15) is 0 Å². The largest absolute Gasteiger partial charge is 0.488 e. The van der Waals surface area contributed by atoms with Crippen molar-refractivity contribution in [2.24, 2.45) is 0 Å². The van der Waals surface area contributed by atoms with Crippen molar-refractivity contribution in [3.05, 3.63) is 59.9 Å². The van der Waals surface area contributed by atoms with Crippen LogP contribution in [0.15, 0.2) is 48.5 Å². The van der Waals surface area contributed by atoms with Crippen LogP contribution in [0.5, 0.6) is 5.75 Å². The lowest BCUT2D eigenvalue weighted by Crippen LogP contribution is -2.23. The number of para-hydroxylation sites is 2. The van der Waals surface area contributed by atoms with Gasteiger partial charge >= 0.3 is 0 Å². The lowest BCUT2D eigenvalue weighted by Gasteiger charge is -2.23. The first-order valence-corrected chi connectivity index (χ1v) is 8.87. The van der Waals surface area contributed by atoms with Crippen LogP contribution >= 0.6 is 0 Å². The van der Waals surface area contributed by atoms with Crippen molar-refractivity contribution in [1.82, 2.24) is 14.9 Å². The van der Waals surface area contributed by atoms with E-state index < -0.39 is 13.0 Å². The maximum absolute atomic E-state index is 12.2. The number of likely N-dealkylation sites (tertiary alicyclic amines) is 1. The van der Waals surface area contributed by atoms with Crippen LogP contribution in [0.3, 0.4) is 0 Å². The molecule has 1 saturated heterocycles. The molecule has 1 atom stereocenters. The Bertz CT molecular complexity index is 830. The van der Waals surface area contributed by atoms with Crippen LogP contribution in [0.25, 0.3) is 11.0 Å². The quantitative estimate of drug-likeness (QED) is 0.704. The summed E-state index contributed by atoms with van der Waals surface area (Å²) < 4.78 is 29.5. The molecule has 2 aromatic carbocycles. The lowest BCUT2D eigenvalue weighted by molar-refractivity contribution is 0.0819. The second-order valence-corrected chi connectivity index (χ2v) is 6.61. The second-order valence-electron chi connectivity index (χ2n) is 6.61. The Kier molecular flexibility index (Phi) is 4.84. The normalized spacial score (nSPS) is 18.0. The Morgan fingerprint density at radius 1 is 1.15 bits per heavy atom. The SMILES string of the molecule is FC(F)COc1ccc(CN2CCCC2c2nc3ccccc3[nH]2)cc1. The summed E-state index contributed by atoms with van der Waals surface area (Å²) in [6.07, 6.45) is -0.240. The number of benzene rings is 2. The monoisotopic (exact) mass is 357 g/mol. The molecule has 0 saturated carbocycles. The van der Waals surface area contributed by atoms with Gasteiger partial charge in [0.1, 0.15) is 18.2 Å². The fraction of sp³-hybridized carbons (Fsp3) is 0.350. The van der Waals surface area contributed by atoms with E-state index in [0.717, 1.165) is 48.4 Å². The van der Waals surface area contributed by atoms with E-state index >= 15 is 0 Å². The van der Waals surface area contributed by atoms with Crippen LogP contribution in [0.2, 0.25) is 0 Å². The molecule has 0 bridgehead atoms. The number of aromatic nitrogens is 2. The summed E-state index contributed by atoms with van der Waals surface area (Å²) in [6, 6.07) is 15.7. The van der Waals surface area contributed by atoms with E-state index in [9.17, 15) is 8.78 Å². The lowest BCUT2D eigenvalue weighted by atomic mass is 10.1. The number of nitrogens with zero attached hydrogens (tertiary/aromatic N) is 2. The molecule has 1 aliphatic rings. The maximum Gasteiger partial charge on any atom is 0.272 e. The van der Waals surface area contributed by atoms with E-state index in [-0.39, 0.29) is 6.04 Å². The number of imidazole rings is 1. The van der Waals surface area contributed by atoms with E-state index in [2.05, 4.69) is 9.88 Å². The summed E-state index contributed by atoms with van der Waals surface area (Å²) in [6.45, 7) is 1.25. The van der Waals surface area contributed by atoms with Gasteiger partial charge in [0.05, 0.1) is 17.1 Å². The number of hydrogen-bond donors (Lipinski definition) is 1. The van der Waals surface area contributed by atoms with Crippen LogP contribution in [-0.4, -0.2) is 34.4 Å². The van der Waals surface area contributed by atoms with Crippen molar-refractivity contribution in [3.63, 3.8) is 0 Å². The number of H-pyrrole nitrogens is 1. The molecule has 2 heterocycles. The minimum atomic E-state index is -2.45. The topological polar surface area (TPSA) is 41.1 Å². The van der Waals surface area contributed by atoms with Crippen LogP contribution < -0.4 is 4.74 Å². The average Bonchev–Trinajstić information content (AvgIpc) is 3.27. The Balaban J connectivity index is 1.45. The predicted octanol–water partition coefficient (Wildman–Crippen LogP) is 4.54. The first-order chi connectivity index (χ1) is 12.7. The van der Waals surface area contributed by atoms with Gasteiger partial charge in [-0.15, -0.1) is 0 Å². The summed E-state index contributed by atoms with van der Waals surface area (Å²) in [5.41, 5.74) is 3.20. The Morgan fingerprint density at radius 2 is 1.96 bits per heavy atom. The molecule has 3 aromatic rings. The third-order valence-corrected chi connectivity index (χ3v) is 4.77. The van der Waals surface area contributed by atoms with Gasteiger partial charge in [0.25, 0.3) is 6.43 Å². The summed E-state index contributed by atoms with van der Waals surface area (Å²) in [4.78, 5) is 10.6. The van der Waals surface area contributed by atoms with Gasteiger partial charge in [0, 0.05) is 6.54 Å². The number of ether oxygens (including phenoxy) is 1. The average molecular weight is 357 g/mol. The summed E-state index contributed by atoms with van der Waals surface area (Å²) >= 11 is 0. The molecule has 136 valence electrons. The summed E-state index contributed by atoms with van der Waals surface area (Å²) in [5.74, 6) is 1.49. The summed E-state index contributed by atoms with van der Waals surface area (Å²) in [5, 5.41) is 0. The molecule has 1 aliphatic heterocycles. The van der Waals surface area contributed by atoms with Gasteiger partial charge in [-0.3, -0.25) is 4.90 Å². The molecule has 1 unspecified atom stereocenters. The highest BCUT2D eigenvalue weighted by Crippen LogP contribution is 2.32. The van der Waals surface area contributed by atoms with Crippen molar-refractivity contribution >= 4 is 11.0 Å². The minimum absolute atomic E-state index is 0.275. The molecule has 4 nitrogen and oxygen atoms in total. The number of alkyl halides is 2. The molecule has 6 heteroatoms. The van der Waals surface area contributed by atoms with Crippen LogP contribution in [0.1, 0.15) is 30.3 Å². The van der Waals surface area contributed by atoms with Crippen molar-refractivity contribution in [2.45, 2.75) is 31.9 Å². The zero-order chi connectivity index (χ0) is 17.9. The van der Waals surface area contributed by atoms with Gasteiger partial charge in [0.2, 0.25) is 0 Å². The van der Waals surface area contributed by atoms with Gasteiger partial charge in [0.15, 0.2) is 0 Å². The van der Waals surface area contributed by atoms with E-state index in [4.69, 9.17) is 9.72 Å². The molecule has 1 N–H and O–H groups in total. The van der Waals surface area contributed by atoms with Gasteiger partial charge in [-0.25, -0.2) is 13.8 Å². The number of fused-ring (bicyclic) bond motifs is 1. The third kappa shape index (κ3) is 3.70. The number of halogens is 2. The molecule has 0 radical (unpaired) electrons. The Morgan fingerprint density at radius 3 is 2.73 bits per heavy atom. The predicted molar refractivity (Wildman–Crippen MR) is 96.4 cm³/mol. The van der Waals surface area contributed by atoms with Crippen LogP contribution in [-0.2, 0) is 6.54 Å². The van der Waals surface area contributed by atoms with E-state index in [1.807, 2.05) is 36.4 Å². The number of hydrogen-bond acceptors (Lipinski definition) is 3. The van der Waals surface area contributed by atoms with Crippen molar-refractivity contribution < 1.29 is 13.5 Å². The smallest absolute Gasteiger partial charge is 0.272 e. The Hall–Kier alpha value is -2.47. The highest BCUT2D eigenvalue weighted by atomic mass is 19.3. The number of nitrogens with one attached hydrogen (secondary N) is 1. The zero-order valence-electron chi connectivity index (χ0n) is 14.4. The van der Waals surface area contributed by atoms with E-state index in [0.29, 0.717) is 5.75 Å². The molecule has 0 spiro atoms. The first-order valence-electron chi connectivity index (χ1n) is 8.87. The first kappa shape index (κ1) is 17.0. The second kappa shape index (κ2) is 7.41. The molecule has 0 amide bonds. The zero-order valence-corrected chi connectivity index (χ0v) is 14.4. The van der Waals surface area contributed by atoms with Gasteiger partial charge in [-0.1, -0.05) is 24.3 Å². The van der Waals surface area contributed by atoms with E-state index in [1.165, 1.54) is 0 Å². The van der Waals surface area contributed by atoms with E-state index in [1.54, 1.807) is 12.1 Å². The number of aromatic amines is 1. The van der Waals surface area contributed by atoms with Crippen molar-refractivity contribution in [1.29, 1.82) is 0 Å². The molecule has 1 fully saturated rings. The highest BCUT2D eigenvalue weighted by Gasteiger charge is 2.28. The molecular formula is C20H21F2N3O. The molecule has 26 heavy (non-hydrogen) atoms. The van der Waals surface area contributed by atoms with Crippen molar-refractivity contribution in [3.8, 4) is 5.75 Å². The van der Waals surface area contributed by atoms with Gasteiger partial charge < -0.3 is 9.72 Å². The van der Waals surface area contributed by atoms with Gasteiger partial charge in [-0.05, 0) is 49.2 Å². The molecule has 1 aromatic heterocycles. The maximum atomic E-state index is 12.2. The summed E-state index contributed by atoms with van der Waals surface area (Å²) in [7, 11) is 0. The molecule has 0 aliphatic carbocycles. The standard InChI is InChI=1S/C20H21F2N3O/c21-19(22)13-26-15-9-7-14(8-10-15)12-25-11-3-6-18(25)20-23-16-4-1-2-5-17(16)24-20/h1-2,4-5,7-10,18-19H,3,6,11-13H2,(H,23,24). The minimum Gasteiger partial charge on any atom is -0.488 e. The van der Waals surface area contributed by atoms with Crippen molar-refractivity contribution in [2.75, 3.05) is 13.2 Å². The van der Waals surface area contributed by atoms with Crippen LogP contribution in [0, 0.1) is 0 Å². The fourth-order valence-corrected chi connectivity index (χ4v) is 3.54. The Labute approximate surface area is 150 Å². The molecule has 4 rings (SSSR count). The van der Waals surface area contributed by atoms with Crippen LogP contribution in [0.4, 0.5) is 8.78 Å². The third-order valence-electron chi connectivity index (χ3n) is 4.77. The molecular weight excluding hydrogens is 336 g/mol.